The molecule has 0 N–H and O–H groups in total. The Bertz CT molecular complexity index is 3650. The highest BCUT2D eigenvalue weighted by atomic mass is 15.1. The smallest absolute Gasteiger partial charge is 0.0541 e. The Kier molecular flexibility index (Phi) is 8.53. The van der Waals surface area contributed by atoms with E-state index in [1.807, 2.05) is 0 Å². The summed E-state index contributed by atoms with van der Waals surface area (Å²) in [6, 6.07) is 88.6. The summed E-state index contributed by atoms with van der Waals surface area (Å²) in [6.07, 6.45) is 0. The van der Waals surface area contributed by atoms with Gasteiger partial charge in [0.1, 0.15) is 0 Å². The van der Waals surface area contributed by atoms with Gasteiger partial charge >= 0.3 is 0 Å². The molecule has 12 rings (SSSR count). The quantitative estimate of drug-likeness (QED) is 0.146. The molecule has 1 heterocycles. The number of benzene rings is 11. The van der Waals surface area contributed by atoms with Crippen molar-refractivity contribution in [1.29, 1.82) is 0 Å². The van der Waals surface area contributed by atoms with Crippen LogP contribution in [0.2, 0.25) is 0 Å². The molecule has 0 aliphatic carbocycles. The summed E-state index contributed by atoms with van der Waals surface area (Å²) in [5, 5.41) is 9.98. The minimum atomic E-state index is 1.09. The molecule has 11 aromatic carbocycles. The van der Waals surface area contributed by atoms with Gasteiger partial charge in [-0.25, -0.2) is 0 Å². The first-order chi connectivity index (χ1) is 30.7. The summed E-state index contributed by atoms with van der Waals surface area (Å²) < 4.78 is 2.38. The maximum Gasteiger partial charge on any atom is 0.0541 e. The molecular weight excluding hydrogens is 749 g/mol. The van der Waals surface area contributed by atoms with Gasteiger partial charge < -0.3 is 9.47 Å². The van der Waals surface area contributed by atoms with Crippen molar-refractivity contribution < 1.29 is 0 Å². The van der Waals surface area contributed by atoms with Crippen LogP contribution in [0.25, 0.3) is 93.2 Å². The van der Waals surface area contributed by atoms with Crippen LogP contribution in [-0.4, -0.2) is 4.57 Å². The van der Waals surface area contributed by atoms with E-state index in [4.69, 9.17) is 0 Å². The molecule has 0 atom stereocenters. The van der Waals surface area contributed by atoms with Crippen molar-refractivity contribution in [2.45, 2.75) is 0 Å². The van der Waals surface area contributed by atoms with Crippen LogP contribution in [0.5, 0.6) is 0 Å². The summed E-state index contributed by atoms with van der Waals surface area (Å²) in [7, 11) is 0. The predicted molar refractivity (Wildman–Crippen MR) is 264 cm³/mol. The van der Waals surface area contributed by atoms with E-state index in [1.54, 1.807) is 0 Å². The second-order valence-electron chi connectivity index (χ2n) is 16.1. The lowest BCUT2D eigenvalue weighted by Gasteiger charge is -2.29. The van der Waals surface area contributed by atoms with Crippen molar-refractivity contribution in [3.63, 3.8) is 0 Å². The highest BCUT2D eigenvalue weighted by Gasteiger charge is 2.20. The fraction of sp³-hybridized carbons (Fsp3) is 0. The molecule has 2 heteroatoms. The summed E-state index contributed by atoms with van der Waals surface area (Å²) in [5.74, 6) is 0. The maximum absolute atomic E-state index is 2.45. The van der Waals surface area contributed by atoms with Crippen molar-refractivity contribution in [3.05, 3.63) is 243 Å². The molecule has 0 amide bonds. The Morgan fingerprint density at radius 1 is 0.274 bits per heavy atom. The SMILES string of the molecule is c1ccc(-n2c3ccccc3c3cc(-c4ccccc4N(c4cccc(-c5ccc6ccccc6c5)c4)c4cccc(-c5cccc6c5ccc5ccccc56)c4)ccc32)cc1. The van der Waals surface area contributed by atoms with Gasteiger partial charge in [-0.3, -0.25) is 0 Å². The first kappa shape index (κ1) is 35.7. The maximum atomic E-state index is 2.45. The lowest BCUT2D eigenvalue weighted by molar-refractivity contribution is 1.18. The zero-order chi connectivity index (χ0) is 41.0. The minimum absolute atomic E-state index is 1.09. The van der Waals surface area contributed by atoms with E-state index in [2.05, 4.69) is 252 Å². The predicted octanol–water partition coefficient (Wildman–Crippen LogP) is 16.7. The van der Waals surface area contributed by atoms with Gasteiger partial charge in [0.15, 0.2) is 0 Å². The van der Waals surface area contributed by atoms with Crippen LogP contribution < -0.4 is 4.90 Å². The topological polar surface area (TPSA) is 8.17 Å². The van der Waals surface area contributed by atoms with Crippen molar-refractivity contribution in [1.82, 2.24) is 4.57 Å². The number of rotatable bonds is 7. The molecule has 0 unspecified atom stereocenters. The van der Waals surface area contributed by atoms with Crippen LogP contribution in [0, 0.1) is 0 Å². The van der Waals surface area contributed by atoms with E-state index >= 15 is 0 Å². The molecule has 0 saturated carbocycles. The van der Waals surface area contributed by atoms with Gasteiger partial charge in [0.2, 0.25) is 0 Å². The van der Waals surface area contributed by atoms with Crippen molar-refractivity contribution in [2.75, 3.05) is 4.90 Å². The second kappa shape index (κ2) is 14.8. The van der Waals surface area contributed by atoms with Crippen molar-refractivity contribution in [3.8, 4) is 39.1 Å². The number of para-hydroxylation sites is 3. The number of aromatic nitrogens is 1. The monoisotopic (exact) mass is 788 g/mol. The number of nitrogens with zero attached hydrogens (tertiary/aromatic N) is 2. The lowest BCUT2D eigenvalue weighted by atomic mass is 9.94. The van der Waals surface area contributed by atoms with Crippen LogP contribution in [0.3, 0.4) is 0 Å². The largest absolute Gasteiger partial charge is 0.310 e. The third-order valence-electron chi connectivity index (χ3n) is 12.5. The van der Waals surface area contributed by atoms with Crippen LogP contribution in [0.4, 0.5) is 17.1 Å². The van der Waals surface area contributed by atoms with Crippen molar-refractivity contribution in [2.24, 2.45) is 0 Å². The van der Waals surface area contributed by atoms with E-state index in [1.165, 1.54) is 76.4 Å². The minimum Gasteiger partial charge on any atom is -0.310 e. The fourth-order valence-corrected chi connectivity index (χ4v) is 9.63. The fourth-order valence-electron chi connectivity index (χ4n) is 9.63. The number of fused-ring (bicyclic) bond motifs is 7. The summed E-state index contributed by atoms with van der Waals surface area (Å²) in [4.78, 5) is 2.45. The van der Waals surface area contributed by atoms with Gasteiger partial charge in [-0.2, -0.15) is 0 Å². The Hall–Kier alpha value is -8.20. The Morgan fingerprint density at radius 3 is 1.73 bits per heavy atom. The van der Waals surface area contributed by atoms with E-state index in [-0.39, 0.29) is 0 Å². The molecule has 0 spiro atoms. The molecule has 0 radical (unpaired) electrons. The van der Waals surface area contributed by atoms with Gasteiger partial charge in [-0.1, -0.05) is 176 Å². The third-order valence-corrected chi connectivity index (χ3v) is 12.5. The van der Waals surface area contributed by atoms with Crippen LogP contribution in [-0.2, 0) is 0 Å². The van der Waals surface area contributed by atoms with E-state index in [9.17, 15) is 0 Å². The molecule has 62 heavy (non-hydrogen) atoms. The van der Waals surface area contributed by atoms with E-state index in [0.29, 0.717) is 0 Å². The summed E-state index contributed by atoms with van der Waals surface area (Å²) >= 11 is 0. The number of hydrogen-bond acceptors (Lipinski definition) is 1. The molecule has 0 aliphatic heterocycles. The van der Waals surface area contributed by atoms with Crippen LogP contribution in [0.15, 0.2) is 243 Å². The zero-order valence-electron chi connectivity index (χ0n) is 34.0. The molecule has 0 aliphatic rings. The summed E-state index contributed by atoms with van der Waals surface area (Å²) in [6.45, 7) is 0. The molecule has 2 nitrogen and oxygen atoms in total. The van der Waals surface area contributed by atoms with Gasteiger partial charge in [0.25, 0.3) is 0 Å². The van der Waals surface area contributed by atoms with Gasteiger partial charge in [0, 0.05) is 33.4 Å². The van der Waals surface area contributed by atoms with E-state index in [0.717, 1.165) is 33.9 Å². The van der Waals surface area contributed by atoms with Crippen molar-refractivity contribution >= 4 is 71.2 Å². The number of anilines is 3. The Morgan fingerprint density at radius 2 is 0.855 bits per heavy atom. The van der Waals surface area contributed by atoms with E-state index < -0.39 is 0 Å². The van der Waals surface area contributed by atoms with Gasteiger partial charge in [-0.15, -0.1) is 0 Å². The average molecular weight is 789 g/mol. The Labute approximate surface area is 360 Å². The standard InChI is InChI=1S/C60H40N2/c1-2-20-48(21-3-1)62-59-30-11-9-26-56(59)57-40-47(34-36-60(57)62)53-25-8-10-29-58(53)61(49-22-12-18-44(38-49)45-32-31-41-15-4-5-17-43(41)37-45)50-23-13-19-46(39-50)52-27-14-28-54-51-24-7-6-16-42(51)33-35-55(52)54/h1-40H. The first-order valence-electron chi connectivity index (χ1n) is 21.3. The molecule has 0 fully saturated rings. The zero-order valence-corrected chi connectivity index (χ0v) is 34.0. The van der Waals surface area contributed by atoms with Gasteiger partial charge in [0.05, 0.1) is 16.7 Å². The molecule has 0 bridgehead atoms. The highest BCUT2D eigenvalue weighted by Crippen LogP contribution is 2.45. The average Bonchev–Trinajstić information content (AvgIpc) is 3.68. The first-order valence-corrected chi connectivity index (χ1v) is 21.3. The normalized spacial score (nSPS) is 11.5. The van der Waals surface area contributed by atoms with Gasteiger partial charge in [-0.05, 0) is 127 Å². The molecule has 0 saturated heterocycles. The molecular formula is C60H40N2. The Balaban J connectivity index is 1.06. The van der Waals surface area contributed by atoms with Crippen LogP contribution >= 0.6 is 0 Å². The second-order valence-corrected chi connectivity index (χ2v) is 16.1. The lowest BCUT2D eigenvalue weighted by Crippen LogP contribution is -2.11. The highest BCUT2D eigenvalue weighted by molar-refractivity contribution is 6.13. The third kappa shape index (κ3) is 6.04. The summed E-state index contributed by atoms with van der Waals surface area (Å²) in [5.41, 5.74) is 13.9. The molecule has 12 aromatic rings. The molecule has 1 aromatic heterocycles. The molecule has 290 valence electrons. The van der Waals surface area contributed by atoms with Crippen LogP contribution in [0.1, 0.15) is 0 Å². The number of hydrogen-bond donors (Lipinski definition) is 0.